The summed E-state index contributed by atoms with van der Waals surface area (Å²) < 4.78 is 13.3. The quantitative estimate of drug-likeness (QED) is 0.574. The third kappa shape index (κ3) is 2.19. The molecule has 7 nitrogen and oxygen atoms in total. The van der Waals surface area contributed by atoms with Gasteiger partial charge in [0, 0.05) is 11.6 Å². The third-order valence-corrected chi connectivity index (χ3v) is 1.98. The topological polar surface area (TPSA) is 94.7 Å². The molecular formula is C9H6FN5O2. The van der Waals surface area contributed by atoms with Crippen LogP contribution in [-0.2, 0) is 0 Å². The highest BCUT2D eigenvalue weighted by atomic mass is 19.1. The van der Waals surface area contributed by atoms with E-state index in [0.29, 0.717) is 5.82 Å². The summed E-state index contributed by atoms with van der Waals surface area (Å²) in [4.78, 5) is 9.62. The molecule has 17 heavy (non-hydrogen) atoms. The van der Waals surface area contributed by atoms with Gasteiger partial charge in [-0.3, -0.25) is 10.1 Å². The van der Waals surface area contributed by atoms with Crippen LogP contribution in [0.5, 0.6) is 0 Å². The molecule has 2 rings (SSSR count). The lowest BCUT2D eigenvalue weighted by Gasteiger charge is -1.99. The fourth-order valence-corrected chi connectivity index (χ4v) is 1.19. The average molecular weight is 235 g/mol. The Balaban J connectivity index is 2.44. The lowest BCUT2D eigenvalue weighted by Crippen LogP contribution is -1.99. The van der Waals surface area contributed by atoms with Crippen molar-refractivity contribution in [1.82, 2.24) is 20.4 Å². The Labute approximate surface area is 94.5 Å². The van der Waals surface area contributed by atoms with Crippen molar-refractivity contribution in [2.45, 2.75) is 6.92 Å². The van der Waals surface area contributed by atoms with E-state index in [4.69, 9.17) is 0 Å². The van der Waals surface area contributed by atoms with Crippen LogP contribution in [-0.4, -0.2) is 25.3 Å². The summed E-state index contributed by atoms with van der Waals surface area (Å²) in [6.07, 6.45) is 0. The monoisotopic (exact) mass is 235 g/mol. The fraction of sp³-hybridized carbons (Fsp3) is 0.111. The van der Waals surface area contributed by atoms with Crippen molar-refractivity contribution in [3.05, 3.63) is 40.0 Å². The van der Waals surface area contributed by atoms with Crippen molar-refractivity contribution in [3.8, 4) is 11.4 Å². The number of aromatic nitrogens is 4. The molecule has 0 saturated heterocycles. The van der Waals surface area contributed by atoms with Gasteiger partial charge in [0.1, 0.15) is 0 Å². The number of aryl methyl sites for hydroxylation is 1. The van der Waals surface area contributed by atoms with Crippen LogP contribution in [0.4, 0.5) is 10.1 Å². The Morgan fingerprint density at radius 1 is 1.24 bits per heavy atom. The molecule has 1 heterocycles. The lowest BCUT2D eigenvalue weighted by molar-refractivity contribution is -0.387. The molecule has 0 bridgehead atoms. The van der Waals surface area contributed by atoms with Crippen LogP contribution >= 0.6 is 0 Å². The van der Waals surface area contributed by atoms with Crippen molar-refractivity contribution >= 4 is 5.69 Å². The zero-order chi connectivity index (χ0) is 12.4. The molecule has 0 atom stereocenters. The van der Waals surface area contributed by atoms with Crippen molar-refractivity contribution in [2.24, 2.45) is 0 Å². The first-order valence-electron chi connectivity index (χ1n) is 4.56. The molecule has 0 amide bonds. The van der Waals surface area contributed by atoms with Crippen LogP contribution in [0, 0.1) is 22.9 Å². The van der Waals surface area contributed by atoms with Gasteiger partial charge in [-0.2, -0.15) is 4.39 Å². The van der Waals surface area contributed by atoms with Crippen LogP contribution in [0.25, 0.3) is 11.4 Å². The van der Waals surface area contributed by atoms with E-state index in [1.807, 2.05) is 0 Å². The Morgan fingerprint density at radius 3 is 2.41 bits per heavy atom. The molecule has 8 heteroatoms. The van der Waals surface area contributed by atoms with Gasteiger partial charge in [-0.1, -0.05) is 0 Å². The molecule has 0 spiro atoms. The number of nitro groups is 1. The molecule has 0 aliphatic rings. The van der Waals surface area contributed by atoms with E-state index in [1.165, 1.54) is 6.07 Å². The first-order chi connectivity index (χ1) is 8.08. The van der Waals surface area contributed by atoms with Crippen LogP contribution in [0.15, 0.2) is 18.2 Å². The molecule has 0 saturated carbocycles. The third-order valence-electron chi connectivity index (χ3n) is 1.98. The average Bonchev–Trinajstić information content (AvgIpc) is 2.29. The molecule has 86 valence electrons. The number of hydrogen-bond donors (Lipinski definition) is 0. The number of rotatable bonds is 2. The number of hydrogen-bond acceptors (Lipinski definition) is 6. The molecule has 1 aromatic carbocycles. The fourth-order valence-electron chi connectivity index (χ4n) is 1.19. The Hall–Kier alpha value is -2.51. The van der Waals surface area contributed by atoms with E-state index in [-0.39, 0.29) is 11.4 Å². The van der Waals surface area contributed by atoms with Gasteiger partial charge >= 0.3 is 5.69 Å². The first kappa shape index (κ1) is 11.0. The van der Waals surface area contributed by atoms with E-state index in [0.717, 1.165) is 12.1 Å². The van der Waals surface area contributed by atoms with Gasteiger partial charge in [0.15, 0.2) is 5.82 Å². The Kier molecular flexibility index (Phi) is 2.69. The number of nitrogens with zero attached hydrogens (tertiary/aromatic N) is 5. The first-order valence-corrected chi connectivity index (χ1v) is 4.56. The van der Waals surface area contributed by atoms with Gasteiger partial charge in [-0.15, -0.1) is 20.4 Å². The minimum absolute atomic E-state index is 0.115. The molecule has 0 unspecified atom stereocenters. The molecule has 2 aromatic rings. The van der Waals surface area contributed by atoms with Crippen molar-refractivity contribution in [1.29, 1.82) is 0 Å². The number of halogens is 1. The lowest BCUT2D eigenvalue weighted by atomic mass is 10.2. The standard InChI is InChI=1S/C9H6FN5O2/c1-5-11-13-9(14-12-5)6-2-3-8(15(16)17)7(10)4-6/h2-4H,1H3. The van der Waals surface area contributed by atoms with E-state index >= 15 is 0 Å². The highest BCUT2D eigenvalue weighted by molar-refractivity contribution is 5.56. The van der Waals surface area contributed by atoms with Gasteiger partial charge in [-0.05, 0) is 19.1 Å². The van der Waals surface area contributed by atoms with Crippen LogP contribution < -0.4 is 0 Å². The molecule has 0 fully saturated rings. The summed E-state index contributed by atoms with van der Waals surface area (Å²) in [6, 6.07) is 3.37. The largest absolute Gasteiger partial charge is 0.304 e. The zero-order valence-corrected chi connectivity index (χ0v) is 8.66. The summed E-state index contributed by atoms with van der Waals surface area (Å²) >= 11 is 0. The van der Waals surface area contributed by atoms with E-state index < -0.39 is 16.4 Å². The maximum Gasteiger partial charge on any atom is 0.304 e. The summed E-state index contributed by atoms with van der Waals surface area (Å²) in [5.74, 6) is -0.447. The smallest absolute Gasteiger partial charge is 0.258 e. The maximum atomic E-state index is 13.3. The zero-order valence-electron chi connectivity index (χ0n) is 8.66. The molecule has 0 aliphatic carbocycles. The van der Waals surface area contributed by atoms with E-state index in [2.05, 4.69) is 20.4 Å². The van der Waals surface area contributed by atoms with Crippen molar-refractivity contribution in [3.63, 3.8) is 0 Å². The molecular weight excluding hydrogens is 229 g/mol. The Bertz CT molecular complexity index is 572. The predicted molar refractivity (Wildman–Crippen MR) is 54.4 cm³/mol. The predicted octanol–water partition coefficient (Wildman–Crippen LogP) is 1.29. The maximum absolute atomic E-state index is 13.3. The number of benzene rings is 1. The highest BCUT2D eigenvalue weighted by Crippen LogP contribution is 2.22. The molecule has 0 radical (unpaired) electrons. The highest BCUT2D eigenvalue weighted by Gasteiger charge is 2.15. The van der Waals surface area contributed by atoms with Gasteiger partial charge < -0.3 is 0 Å². The van der Waals surface area contributed by atoms with Crippen LogP contribution in [0.1, 0.15) is 5.82 Å². The Morgan fingerprint density at radius 2 is 1.88 bits per heavy atom. The molecule has 0 aliphatic heterocycles. The van der Waals surface area contributed by atoms with Gasteiger partial charge in [0.25, 0.3) is 0 Å². The molecule has 1 aromatic heterocycles. The summed E-state index contributed by atoms with van der Waals surface area (Å²) in [7, 11) is 0. The van der Waals surface area contributed by atoms with E-state index in [9.17, 15) is 14.5 Å². The summed E-state index contributed by atoms with van der Waals surface area (Å²) in [5.41, 5.74) is -0.310. The minimum atomic E-state index is -0.948. The summed E-state index contributed by atoms with van der Waals surface area (Å²) in [5, 5.41) is 25.2. The second-order valence-electron chi connectivity index (χ2n) is 3.19. The number of nitro benzene ring substituents is 1. The van der Waals surface area contributed by atoms with Crippen molar-refractivity contribution in [2.75, 3.05) is 0 Å². The van der Waals surface area contributed by atoms with Crippen molar-refractivity contribution < 1.29 is 9.31 Å². The second kappa shape index (κ2) is 4.16. The van der Waals surface area contributed by atoms with Crippen LogP contribution in [0.3, 0.4) is 0 Å². The normalized spacial score (nSPS) is 10.2. The second-order valence-corrected chi connectivity index (χ2v) is 3.19. The minimum Gasteiger partial charge on any atom is -0.258 e. The summed E-state index contributed by atoms with van der Waals surface area (Å²) in [6.45, 7) is 1.61. The van der Waals surface area contributed by atoms with Crippen LogP contribution in [0.2, 0.25) is 0 Å². The van der Waals surface area contributed by atoms with Gasteiger partial charge in [0.2, 0.25) is 11.6 Å². The molecule has 0 N–H and O–H groups in total. The van der Waals surface area contributed by atoms with Gasteiger partial charge in [-0.25, -0.2) is 0 Å². The van der Waals surface area contributed by atoms with E-state index in [1.54, 1.807) is 6.92 Å². The van der Waals surface area contributed by atoms with Gasteiger partial charge in [0.05, 0.1) is 4.92 Å². The SMILES string of the molecule is Cc1nnc(-c2ccc([N+](=O)[O-])c(F)c2)nn1.